The summed E-state index contributed by atoms with van der Waals surface area (Å²) in [6.07, 6.45) is -4.66. The van der Waals surface area contributed by atoms with Crippen LogP contribution in [0.1, 0.15) is 13.3 Å². The molecule has 0 aliphatic heterocycles. The van der Waals surface area contributed by atoms with Gasteiger partial charge in [-0.3, -0.25) is 4.79 Å². The zero-order valence-corrected chi connectivity index (χ0v) is 5.77. The Bertz CT molecular complexity index is 198. The maximum atomic E-state index is 12.0. The van der Waals surface area contributed by atoms with Crippen LogP contribution in [0.3, 0.4) is 0 Å². The Labute approximate surface area is 61.0 Å². The van der Waals surface area contributed by atoms with Gasteiger partial charge in [-0.1, -0.05) is 6.92 Å². The van der Waals surface area contributed by atoms with E-state index in [1.165, 1.54) is 0 Å². The summed E-state index contributed by atoms with van der Waals surface area (Å²) in [5.74, 6) is -2.59. The highest BCUT2D eigenvalue weighted by atomic mass is 19.4. The van der Waals surface area contributed by atoms with Gasteiger partial charge in [0.2, 0.25) is 0 Å². The quantitative estimate of drug-likeness (QED) is 0.646. The minimum atomic E-state index is -4.38. The van der Waals surface area contributed by atoms with Crippen LogP contribution >= 0.6 is 0 Å². The molecule has 0 aromatic heterocycles. The lowest BCUT2D eigenvalue weighted by Crippen LogP contribution is -2.25. The lowest BCUT2D eigenvalue weighted by atomic mass is 10.1. The van der Waals surface area contributed by atoms with Crippen molar-refractivity contribution in [2.45, 2.75) is 19.5 Å². The number of aliphatic carboxylic acids is 1. The summed E-state index contributed by atoms with van der Waals surface area (Å²) in [5, 5.41) is 8.25. The molecule has 2 atom stereocenters. The molecular formula is C6H7F3O2. The van der Waals surface area contributed by atoms with Gasteiger partial charge in [-0.25, -0.2) is 0 Å². The van der Waals surface area contributed by atoms with E-state index < -0.39 is 23.5 Å². The van der Waals surface area contributed by atoms with Gasteiger partial charge in [0.1, 0.15) is 0 Å². The molecule has 1 N–H and O–H groups in total. The van der Waals surface area contributed by atoms with Crippen LogP contribution in [0.2, 0.25) is 0 Å². The van der Waals surface area contributed by atoms with Crippen LogP contribution in [0.4, 0.5) is 13.2 Å². The SMILES string of the molecule is CC1(C(F)(F)F)CC1C(=O)O. The molecule has 1 rings (SSSR count). The van der Waals surface area contributed by atoms with E-state index >= 15 is 0 Å². The first kappa shape index (κ1) is 8.36. The number of carbonyl (C=O) groups is 1. The average Bonchev–Trinajstić information content (AvgIpc) is 2.40. The maximum absolute atomic E-state index is 12.0. The zero-order valence-electron chi connectivity index (χ0n) is 5.77. The van der Waals surface area contributed by atoms with E-state index in [4.69, 9.17) is 5.11 Å². The number of carboxylic acid groups (broad SMARTS) is 1. The van der Waals surface area contributed by atoms with Crippen molar-refractivity contribution >= 4 is 5.97 Å². The van der Waals surface area contributed by atoms with Gasteiger partial charge in [0.25, 0.3) is 0 Å². The van der Waals surface area contributed by atoms with Crippen LogP contribution in [-0.2, 0) is 4.79 Å². The highest BCUT2D eigenvalue weighted by molar-refractivity contribution is 5.74. The standard InChI is InChI=1S/C6H7F3O2/c1-5(6(7,8)9)2-3(5)4(10)11/h3H,2H2,1H3,(H,10,11). The third kappa shape index (κ3) is 1.08. The Morgan fingerprint density at radius 1 is 1.64 bits per heavy atom. The summed E-state index contributed by atoms with van der Waals surface area (Å²) in [7, 11) is 0. The molecule has 2 nitrogen and oxygen atoms in total. The molecule has 11 heavy (non-hydrogen) atoms. The van der Waals surface area contributed by atoms with E-state index in [0.29, 0.717) is 0 Å². The van der Waals surface area contributed by atoms with Gasteiger partial charge in [0.05, 0.1) is 11.3 Å². The molecule has 0 aromatic rings. The molecule has 0 saturated heterocycles. The topological polar surface area (TPSA) is 37.3 Å². The largest absolute Gasteiger partial charge is 0.481 e. The number of halogens is 3. The predicted octanol–water partition coefficient (Wildman–Crippen LogP) is 1.66. The lowest BCUT2D eigenvalue weighted by molar-refractivity contribution is -0.189. The number of alkyl halides is 3. The molecule has 1 aliphatic rings. The number of rotatable bonds is 1. The number of hydrogen-bond donors (Lipinski definition) is 1. The summed E-state index contributed by atoms with van der Waals surface area (Å²) in [6, 6.07) is 0. The normalized spacial score (nSPS) is 36.9. The number of hydrogen-bond acceptors (Lipinski definition) is 1. The minimum absolute atomic E-state index is 0.286. The second-order valence-corrected chi connectivity index (χ2v) is 3.01. The van der Waals surface area contributed by atoms with Crippen LogP contribution in [0.15, 0.2) is 0 Å². The second kappa shape index (κ2) is 1.89. The predicted molar refractivity (Wildman–Crippen MR) is 29.9 cm³/mol. The molecule has 2 unspecified atom stereocenters. The summed E-state index contributed by atoms with van der Waals surface area (Å²) in [5.41, 5.74) is -1.97. The van der Waals surface area contributed by atoms with E-state index in [2.05, 4.69) is 0 Å². The van der Waals surface area contributed by atoms with Crippen molar-refractivity contribution in [1.82, 2.24) is 0 Å². The van der Waals surface area contributed by atoms with Crippen LogP contribution in [0.5, 0.6) is 0 Å². The van der Waals surface area contributed by atoms with Crippen molar-refractivity contribution in [2.75, 3.05) is 0 Å². The molecule has 1 fully saturated rings. The van der Waals surface area contributed by atoms with Crippen LogP contribution < -0.4 is 0 Å². The van der Waals surface area contributed by atoms with E-state index in [1.54, 1.807) is 0 Å². The van der Waals surface area contributed by atoms with Gasteiger partial charge in [0, 0.05) is 0 Å². The Kier molecular flexibility index (Phi) is 1.44. The molecule has 0 aromatic carbocycles. The van der Waals surface area contributed by atoms with Gasteiger partial charge in [0.15, 0.2) is 0 Å². The third-order valence-electron chi connectivity index (χ3n) is 2.18. The van der Waals surface area contributed by atoms with E-state index in [-0.39, 0.29) is 6.42 Å². The molecule has 0 bridgehead atoms. The molecule has 5 heteroatoms. The van der Waals surface area contributed by atoms with Crippen molar-refractivity contribution < 1.29 is 23.1 Å². The summed E-state index contributed by atoms with van der Waals surface area (Å²) in [6.45, 7) is 0.936. The molecular weight excluding hydrogens is 161 g/mol. The van der Waals surface area contributed by atoms with E-state index in [9.17, 15) is 18.0 Å². The minimum Gasteiger partial charge on any atom is -0.481 e. The van der Waals surface area contributed by atoms with Crippen LogP contribution in [-0.4, -0.2) is 17.3 Å². The van der Waals surface area contributed by atoms with Gasteiger partial charge in [-0.15, -0.1) is 0 Å². The monoisotopic (exact) mass is 168 g/mol. The van der Waals surface area contributed by atoms with E-state index in [0.717, 1.165) is 6.92 Å². The van der Waals surface area contributed by atoms with E-state index in [1.807, 2.05) is 0 Å². The van der Waals surface area contributed by atoms with Crippen molar-refractivity contribution in [3.63, 3.8) is 0 Å². The smallest absolute Gasteiger partial charge is 0.395 e. The van der Waals surface area contributed by atoms with Gasteiger partial charge in [-0.05, 0) is 6.42 Å². The van der Waals surface area contributed by atoms with Crippen molar-refractivity contribution in [1.29, 1.82) is 0 Å². The highest BCUT2D eigenvalue weighted by Crippen LogP contribution is 2.62. The summed E-state index contributed by atoms with van der Waals surface area (Å²) >= 11 is 0. The molecule has 0 spiro atoms. The number of carboxylic acids is 1. The molecule has 1 aliphatic carbocycles. The first-order chi connectivity index (χ1) is 4.79. The Balaban J connectivity index is 2.70. The second-order valence-electron chi connectivity index (χ2n) is 3.01. The third-order valence-corrected chi connectivity index (χ3v) is 2.18. The first-order valence-electron chi connectivity index (χ1n) is 3.08. The highest BCUT2D eigenvalue weighted by Gasteiger charge is 2.70. The van der Waals surface area contributed by atoms with Crippen LogP contribution in [0, 0.1) is 11.3 Å². The molecule has 64 valence electrons. The van der Waals surface area contributed by atoms with Crippen molar-refractivity contribution in [2.24, 2.45) is 11.3 Å². The van der Waals surface area contributed by atoms with Gasteiger partial charge >= 0.3 is 12.1 Å². The zero-order chi connectivity index (χ0) is 8.86. The fourth-order valence-electron chi connectivity index (χ4n) is 1.04. The summed E-state index contributed by atoms with van der Waals surface area (Å²) < 4.78 is 35.9. The molecule has 0 heterocycles. The van der Waals surface area contributed by atoms with Crippen molar-refractivity contribution in [3.8, 4) is 0 Å². The fourth-order valence-corrected chi connectivity index (χ4v) is 1.04. The van der Waals surface area contributed by atoms with Crippen LogP contribution in [0.25, 0.3) is 0 Å². The van der Waals surface area contributed by atoms with Gasteiger partial charge < -0.3 is 5.11 Å². The fraction of sp³-hybridized carbons (Fsp3) is 0.833. The van der Waals surface area contributed by atoms with Crippen molar-refractivity contribution in [3.05, 3.63) is 0 Å². The lowest BCUT2D eigenvalue weighted by Gasteiger charge is -2.13. The molecule has 0 amide bonds. The molecule has 0 radical (unpaired) electrons. The Morgan fingerprint density at radius 2 is 2.09 bits per heavy atom. The Hall–Kier alpha value is -0.740. The Morgan fingerprint density at radius 3 is 2.18 bits per heavy atom. The molecule has 1 saturated carbocycles. The average molecular weight is 168 g/mol. The first-order valence-corrected chi connectivity index (χ1v) is 3.08. The summed E-state index contributed by atoms with van der Waals surface area (Å²) in [4.78, 5) is 10.1. The maximum Gasteiger partial charge on any atom is 0.395 e. The van der Waals surface area contributed by atoms with Gasteiger partial charge in [-0.2, -0.15) is 13.2 Å².